The maximum absolute atomic E-state index is 13.6. The summed E-state index contributed by atoms with van der Waals surface area (Å²) >= 11 is 0. The molecular formula is C20H18FN3O3S. The average molecular weight is 399 g/mol. The van der Waals surface area contributed by atoms with Crippen LogP contribution in [0.1, 0.15) is 23.2 Å². The van der Waals surface area contributed by atoms with Crippen LogP contribution in [0.15, 0.2) is 59.6 Å². The highest BCUT2D eigenvalue weighted by atomic mass is 32.2. The lowest BCUT2D eigenvalue weighted by Crippen LogP contribution is -2.28. The Kier molecular flexibility index (Phi) is 4.82. The van der Waals surface area contributed by atoms with Gasteiger partial charge in [-0.3, -0.25) is 9.78 Å². The van der Waals surface area contributed by atoms with Crippen LogP contribution in [0.4, 0.5) is 10.1 Å². The van der Waals surface area contributed by atoms with E-state index >= 15 is 0 Å². The number of fused-ring (bicyclic) bond motifs is 1. The molecule has 28 heavy (non-hydrogen) atoms. The van der Waals surface area contributed by atoms with Crippen LogP contribution in [0.2, 0.25) is 0 Å². The highest BCUT2D eigenvalue weighted by Gasteiger charge is 2.27. The van der Waals surface area contributed by atoms with Crippen molar-refractivity contribution < 1.29 is 17.6 Å². The maximum atomic E-state index is 13.6. The minimum absolute atomic E-state index is 0.0904. The Morgan fingerprint density at radius 2 is 1.86 bits per heavy atom. The largest absolute Gasteiger partial charge is 0.321 e. The number of anilines is 1. The molecule has 1 saturated heterocycles. The van der Waals surface area contributed by atoms with E-state index in [-0.39, 0.29) is 10.5 Å². The summed E-state index contributed by atoms with van der Waals surface area (Å²) in [5.74, 6) is -0.912. The fraction of sp³-hybridized carbons (Fsp3) is 0.200. The molecule has 0 aliphatic carbocycles. The highest BCUT2D eigenvalue weighted by Crippen LogP contribution is 2.24. The fourth-order valence-corrected chi connectivity index (χ4v) is 4.86. The molecule has 0 bridgehead atoms. The van der Waals surface area contributed by atoms with E-state index in [4.69, 9.17) is 0 Å². The van der Waals surface area contributed by atoms with Crippen LogP contribution >= 0.6 is 0 Å². The van der Waals surface area contributed by atoms with Crippen molar-refractivity contribution in [3.8, 4) is 0 Å². The Hall–Kier alpha value is -2.84. The average Bonchev–Trinajstić information content (AvgIpc) is 3.24. The van der Waals surface area contributed by atoms with E-state index in [1.54, 1.807) is 18.2 Å². The summed E-state index contributed by atoms with van der Waals surface area (Å²) < 4.78 is 40.5. The number of hydrogen-bond acceptors (Lipinski definition) is 4. The molecule has 0 unspecified atom stereocenters. The monoisotopic (exact) mass is 399 g/mol. The van der Waals surface area contributed by atoms with Crippen LogP contribution in [-0.2, 0) is 10.0 Å². The predicted molar refractivity (Wildman–Crippen MR) is 104 cm³/mol. The number of amides is 1. The third-order valence-electron chi connectivity index (χ3n) is 4.75. The molecule has 4 rings (SSSR count). The van der Waals surface area contributed by atoms with Crippen molar-refractivity contribution in [2.45, 2.75) is 17.7 Å². The normalized spacial score (nSPS) is 15.0. The standard InChI is InChI=1S/C20H18FN3O3S/c21-15-6-7-18-17(13-15)19(8-9-22-18)23-20(25)14-4-3-5-16(12-14)28(26,27)24-10-1-2-11-24/h3-9,12-13H,1-2,10-11H2,(H,22,23,25). The van der Waals surface area contributed by atoms with Gasteiger partial charge in [0, 0.05) is 30.2 Å². The maximum Gasteiger partial charge on any atom is 0.255 e. The minimum atomic E-state index is -3.61. The zero-order valence-corrected chi connectivity index (χ0v) is 15.7. The van der Waals surface area contributed by atoms with Crippen LogP contribution < -0.4 is 5.32 Å². The van der Waals surface area contributed by atoms with E-state index in [0.717, 1.165) is 12.8 Å². The van der Waals surface area contributed by atoms with Crippen molar-refractivity contribution in [3.63, 3.8) is 0 Å². The van der Waals surface area contributed by atoms with Crippen LogP contribution in [0.25, 0.3) is 10.9 Å². The molecule has 1 aromatic heterocycles. The van der Waals surface area contributed by atoms with Gasteiger partial charge in [-0.1, -0.05) is 6.07 Å². The van der Waals surface area contributed by atoms with E-state index in [2.05, 4.69) is 10.3 Å². The van der Waals surface area contributed by atoms with E-state index in [9.17, 15) is 17.6 Å². The first-order valence-corrected chi connectivity index (χ1v) is 10.3. The number of sulfonamides is 1. The lowest BCUT2D eigenvalue weighted by molar-refractivity contribution is 0.102. The van der Waals surface area contributed by atoms with Crippen LogP contribution in [0, 0.1) is 5.82 Å². The predicted octanol–water partition coefficient (Wildman–Crippen LogP) is 3.41. The number of pyridine rings is 1. The molecule has 6 nitrogen and oxygen atoms in total. The number of nitrogens with zero attached hydrogens (tertiary/aromatic N) is 2. The van der Waals surface area contributed by atoms with Gasteiger partial charge in [0.2, 0.25) is 10.0 Å². The van der Waals surface area contributed by atoms with E-state index < -0.39 is 21.7 Å². The summed E-state index contributed by atoms with van der Waals surface area (Å²) in [5, 5.41) is 3.19. The Morgan fingerprint density at radius 3 is 2.64 bits per heavy atom. The Bertz CT molecular complexity index is 1160. The number of hydrogen-bond donors (Lipinski definition) is 1. The molecule has 0 spiro atoms. The van der Waals surface area contributed by atoms with Gasteiger partial charge in [-0.15, -0.1) is 0 Å². The number of benzene rings is 2. The van der Waals surface area contributed by atoms with Gasteiger partial charge in [0.05, 0.1) is 16.1 Å². The van der Waals surface area contributed by atoms with E-state index in [1.807, 2.05) is 0 Å². The lowest BCUT2D eigenvalue weighted by atomic mass is 10.1. The molecule has 0 atom stereocenters. The molecule has 3 aromatic rings. The van der Waals surface area contributed by atoms with Crippen LogP contribution in [0.5, 0.6) is 0 Å². The summed E-state index contributed by atoms with van der Waals surface area (Å²) in [6.07, 6.45) is 3.19. The number of nitrogens with one attached hydrogen (secondary N) is 1. The van der Waals surface area contributed by atoms with Gasteiger partial charge in [0.1, 0.15) is 5.82 Å². The number of carbonyl (C=O) groups is 1. The molecule has 8 heteroatoms. The van der Waals surface area contributed by atoms with Crippen molar-refractivity contribution in [2.24, 2.45) is 0 Å². The summed E-state index contributed by atoms with van der Waals surface area (Å²) in [4.78, 5) is 17.0. The van der Waals surface area contributed by atoms with Gasteiger partial charge in [-0.2, -0.15) is 4.31 Å². The zero-order chi connectivity index (χ0) is 19.7. The molecular weight excluding hydrogens is 381 g/mol. The van der Waals surface area contributed by atoms with Crippen molar-refractivity contribution >= 4 is 32.5 Å². The second-order valence-corrected chi connectivity index (χ2v) is 8.55. The second-order valence-electron chi connectivity index (χ2n) is 6.61. The van der Waals surface area contributed by atoms with Crippen molar-refractivity contribution in [1.82, 2.24) is 9.29 Å². The molecule has 2 heterocycles. The van der Waals surface area contributed by atoms with E-state index in [0.29, 0.717) is 29.7 Å². The molecule has 1 aliphatic rings. The summed E-state index contributed by atoms with van der Waals surface area (Å²) in [5.41, 5.74) is 1.16. The van der Waals surface area contributed by atoms with Crippen LogP contribution in [0.3, 0.4) is 0 Å². The Morgan fingerprint density at radius 1 is 1.07 bits per heavy atom. The van der Waals surface area contributed by atoms with Gasteiger partial charge in [0.15, 0.2) is 0 Å². The molecule has 0 radical (unpaired) electrons. The van der Waals surface area contributed by atoms with E-state index in [1.165, 1.54) is 40.8 Å². The Balaban J connectivity index is 1.64. The summed E-state index contributed by atoms with van der Waals surface area (Å²) in [6.45, 7) is 0.987. The first-order chi connectivity index (χ1) is 13.4. The first-order valence-electron chi connectivity index (χ1n) is 8.91. The van der Waals surface area contributed by atoms with Gasteiger partial charge in [0.25, 0.3) is 5.91 Å². The smallest absolute Gasteiger partial charge is 0.255 e. The second kappa shape index (κ2) is 7.29. The number of halogens is 1. The SMILES string of the molecule is O=C(Nc1ccnc2ccc(F)cc12)c1cccc(S(=O)(=O)N2CCCC2)c1. The topological polar surface area (TPSA) is 79.4 Å². The summed E-state index contributed by atoms with van der Waals surface area (Å²) in [6, 6.07) is 11.6. The van der Waals surface area contributed by atoms with Crippen LogP contribution in [-0.4, -0.2) is 36.7 Å². The molecule has 1 amide bonds. The summed E-state index contributed by atoms with van der Waals surface area (Å²) in [7, 11) is -3.61. The van der Waals surface area contributed by atoms with Gasteiger partial charge in [-0.05, 0) is 55.3 Å². The third kappa shape index (κ3) is 3.48. The highest BCUT2D eigenvalue weighted by molar-refractivity contribution is 7.89. The molecule has 1 aliphatic heterocycles. The molecule has 2 aromatic carbocycles. The minimum Gasteiger partial charge on any atom is -0.321 e. The number of rotatable bonds is 4. The molecule has 1 N–H and O–H groups in total. The molecule has 0 saturated carbocycles. The Labute approximate surface area is 162 Å². The number of aromatic nitrogens is 1. The quantitative estimate of drug-likeness (QED) is 0.729. The fourth-order valence-electron chi connectivity index (χ4n) is 3.30. The van der Waals surface area contributed by atoms with Crippen molar-refractivity contribution in [2.75, 3.05) is 18.4 Å². The first kappa shape index (κ1) is 18.5. The van der Waals surface area contributed by atoms with Crippen molar-refractivity contribution in [1.29, 1.82) is 0 Å². The van der Waals surface area contributed by atoms with Gasteiger partial charge in [-0.25, -0.2) is 12.8 Å². The molecule has 1 fully saturated rings. The van der Waals surface area contributed by atoms with Gasteiger partial charge >= 0.3 is 0 Å². The lowest BCUT2D eigenvalue weighted by Gasteiger charge is -2.16. The third-order valence-corrected chi connectivity index (χ3v) is 6.65. The van der Waals surface area contributed by atoms with Crippen molar-refractivity contribution in [3.05, 3.63) is 66.1 Å². The molecule has 144 valence electrons. The zero-order valence-electron chi connectivity index (χ0n) is 14.9. The number of carbonyl (C=O) groups excluding carboxylic acids is 1. The van der Waals surface area contributed by atoms with Gasteiger partial charge < -0.3 is 5.32 Å².